The maximum Gasteiger partial charge on any atom is 0.332 e. The van der Waals surface area contributed by atoms with Crippen molar-refractivity contribution in [1.29, 1.82) is 0 Å². The fourth-order valence-electron chi connectivity index (χ4n) is 8.97. The quantitative estimate of drug-likeness (QED) is 0.768. The zero-order valence-electron chi connectivity index (χ0n) is 13.0. The molecule has 0 radical (unpaired) electrons. The van der Waals surface area contributed by atoms with Crippen molar-refractivity contribution in [1.82, 2.24) is 0 Å². The Labute approximate surface area is 134 Å². The molecule has 0 aromatic carbocycles. The minimum absolute atomic E-state index is 0.0312. The lowest BCUT2D eigenvalue weighted by atomic mass is 9.59. The molecule has 0 aliphatic heterocycles. The molecule has 23 heavy (non-hydrogen) atoms. The van der Waals surface area contributed by atoms with Gasteiger partial charge in [0.2, 0.25) is 0 Å². The molecule has 5 fully saturated rings. The van der Waals surface area contributed by atoms with E-state index in [2.05, 4.69) is 0 Å². The zero-order chi connectivity index (χ0) is 15.6. The van der Waals surface area contributed by atoms with Crippen molar-refractivity contribution >= 4 is 11.9 Å². The Morgan fingerprint density at radius 2 is 1.17 bits per heavy atom. The van der Waals surface area contributed by atoms with Crippen LogP contribution < -0.4 is 0 Å². The third-order valence-electron chi connectivity index (χ3n) is 8.94. The SMILES string of the molecule is O=C(O)C1=C(C(=O)O)C2CC1C1C3CC(C4C5CCC(C5)C34)C21. The van der Waals surface area contributed by atoms with Gasteiger partial charge in [-0.2, -0.15) is 0 Å². The van der Waals surface area contributed by atoms with Gasteiger partial charge in [0.25, 0.3) is 0 Å². The van der Waals surface area contributed by atoms with Crippen molar-refractivity contribution in [3.63, 3.8) is 0 Å². The molecule has 5 saturated carbocycles. The number of carbonyl (C=O) groups is 2. The van der Waals surface area contributed by atoms with Crippen LogP contribution in [0.5, 0.6) is 0 Å². The highest BCUT2D eigenvalue weighted by Gasteiger charge is 2.72. The first kappa shape index (κ1) is 13.0. The summed E-state index contributed by atoms with van der Waals surface area (Å²) < 4.78 is 0. The van der Waals surface area contributed by atoms with Gasteiger partial charge in [0, 0.05) is 0 Å². The van der Waals surface area contributed by atoms with Crippen molar-refractivity contribution in [2.45, 2.75) is 32.1 Å². The fraction of sp³-hybridized carbons (Fsp3) is 0.789. The molecule has 0 aromatic heterocycles. The van der Waals surface area contributed by atoms with Gasteiger partial charge in [0.05, 0.1) is 11.1 Å². The lowest BCUT2D eigenvalue weighted by Gasteiger charge is -2.45. The molecule has 0 spiro atoms. The van der Waals surface area contributed by atoms with Crippen LogP contribution in [0.25, 0.3) is 0 Å². The van der Waals surface area contributed by atoms with E-state index in [-0.39, 0.29) is 23.0 Å². The predicted octanol–water partition coefficient (Wildman–Crippen LogP) is 2.65. The van der Waals surface area contributed by atoms with Crippen LogP contribution in [0.2, 0.25) is 0 Å². The monoisotopic (exact) mass is 314 g/mol. The van der Waals surface area contributed by atoms with Crippen LogP contribution in [-0.4, -0.2) is 22.2 Å². The molecule has 0 amide bonds. The van der Waals surface area contributed by atoms with Crippen molar-refractivity contribution in [3.8, 4) is 0 Å². The average molecular weight is 314 g/mol. The van der Waals surface area contributed by atoms with Gasteiger partial charge >= 0.3 is 11.9 Å². The Hall–Kier alpha value is -1.32. The molecular weight excluding hydrogens is 292 g/mol. The van der Waals surface area contributed by atoms with Crippen LogP contribution in [0.4, 0.5) is 0 Å². The molecule has 4 heteroatoms. The van der Waals surface area contributed by atoms with Gasteiger partial charge < -0.3 is 10.2 Å². The first-order chi connectivity index (χ1) is 11.1. The summed E-state index contributed by atoms with van der Waals surface area (Å²) in [5.74, 6) is 3.99. The summed E-state index contributed by atoms with van der Waals surface area (Å²) in [6.45, 7) is 0. The summed E-state index contributed by atoms with van der Waals surface area (Å²) in [7, 11) is 0. The van der Waals surface area contributed by atoms with E-state index >= 15 is 0 Å². The van der Waals surface area contributed by atoms with E-state index in [1.54, 1.807) is 0 Å². The van der Waals surface area contributed by atoms with Gasteiger partial charge in [-0.15, -0.1) is 0 Å². The highest BCUT2D eigenvalue weighted by atomic mass is 16.4. The van der Waals surface area contributed by atoms with E-state index in [9.17, 15) is 19.8 Å². The van der Waals surface area contributed by atoms with E-state index in [1.165, 1.54) is 25.7 Å². The molecular formula is C19H22O4. The molecule has 10 unspecified atom stereocenters. The normalized spacial score (nSPS) is 57.2. The maximum atomic E-state index is 11.7. The summed E-state index contributed by atoms with van der Waals surface area (Å²) in [6, 6.07) is 0. The maximum absolute atomic E-state index is 11.7. The Kier molecular flexibility index (Phi) is 2.17. The summed E-state index contributed by atoms with van der Waals surface area (Å²) in [4.78, 5) is 23.5. The van der Waals surface area contributed by atoms with Gasteiger partial charge in [0.15, 0.2) is 0 Å². The number of hydrogen-bond donors (Lipinski definition) is 2. The number of carboxylic acids is 2. The highest BCUT2D eigenvalue weighted by Crippen LogP contribution is 2.77. The van der Waals surface area contributed by atoms with Crippen LogP contribution >= 0.6 is 0 Å². The Balaban J connectivity index is 1.46. The third kappa shape index (κ3) is 1.26. The smallest absolute Gasteiger partial charge is 0.332 e. The van der Waals surface area contributed by atoms with Gasteiger partial charge in [0.1, 0.15) is 0 Å². The van der Waals surface area contributed by atoms with Crippen LogP contribution in [-0.2, 0) is 9.59 Å². The molecule has 122 valence electrons. The van der Waals surface area contributed by atoms with Crippen LogP contribution in [0.1, 0.15) is 32.1 Å². The van der Waals surface area contributed by atoms with Crippen molar-refractivity contribution in [2.75, 3.05) is 0 Å². The fourth-order valence-corrected chi connectivity index (χ4v) is 8.97. The number of hydrogen-bond acceptors (Lipinski definition) is 2. The van der Waals surface area contributed by atoms with Crippen LogP contribution in [0.3, 0.4) is 0 Å². The molecule has 6 aliphatic rings. The number of carboxylic acid groups (broad SMARTS) is 2. The minimum Gasteiger partial charge on any atom is -0.478 e. The first-order valence-corrected chi connectivity index (χ1v) is 9.28. The first-order valence-electron chi connectivity index (χ1n) is 9.28. The van der Waals surface area contributed by atoms with Crippen molar-refractivity contribution < 1.29 is 19.8 Å². The van der Waals surface area contributed by atoms with Gasteiger partial charge in [-0.05, 0) is 91.3 Å². The Bertz CT molecular complexity index is 625. The van der Waals surface area contributed by atoms with E-state index < -0.39 is 11.9 Å². The predicted molar refractivity (Wildman–Crippen MR) is 80.3 cm³/mol. The van der Waals surface area contributed by atoms with Crippen LogP contribution in [0, 0.1) is 59.2 Å². The highest BCUT2D eigenvalue weighted by molar-refractivity contribution is 6.01. The third-order valence-corrected chi connectivity index (χ3v) is 8.94. The molecule has 0 heterocycles. The molecule has 10 atom stereocenters. The molecule has 2 N–H and O–H groups in total. The second-order valence-corrected chi connectivity index (χ2v) is 9.09. The summed E-state index contributed by atoms with van der Waals surface area (Å²) in [6.07, 6.45) is 6.26. The Morgan fingerprint density at radius 1 is 0.696 bits per heavy atom. The van der Waals surface area contributed by atoms with Gasteiger partial charge in [-0.3, -0.25) is 0 Å². The van der Waals surface area contributed by atoms with Crippen LogP contribution in [0.15, 0.2) is 11.1 Å². The molecule has 0 aromatic rings. The second-order valence-electron chi connectivity index (χ2n) is 9.09. The molecule has 6 rings (SSSR count). The molecule has 6 aliphatic carbocycles. The molecule has 0 saturated heterocycles. The van der Waals surface area contributed by atoms with Crippen molar-refractivity contribution in [3.05, 3.63) is 11.1 Å². The average Bonchev–Trinajstić information content (AvgIpc) is 3.28. The van der Waals surface area contributed by atoms with E-state index in [4.69, 9.17) is 0 Å². The van der Waals surface area contributed by atoms with E-state index in [1.807, 2.05) is 0 Å². The lowest BCUT2D eigenvalue weighted by molar-refractivity contribution is -0.137. The molecule has 6 bridgehead atoms. The van der Waals surface area contributed by atoms with E-state index in [0.29, 0.717) is 23.7 Å². The summed E-state index contributed by atoms with van der Waals surface area (Å²) in [5.41, 5.74) is 0.548. The summed E-state index contributed by atoms with van der Waals surface area (Å²) in [5, 5.41) is 19.2. The topological polar surface area (TPSA) is 74.6 Å². The number of rotatable bonds is 2. The molecule has 4 nitrogen and oxygen atoms in total. The number of fused-ring (bicyclic) bond motifs is 16. The van der Waals surface area contributed by atoms with E-state index in [0.717, 1.165) is 30.1 Å². The Morgan fingerprint density at radius 3 is 1.61 bits per heavy atom. The van der Waals surface area contributed by atoms with Gasteiger partial charge in [-0.1, -0.05) is 0 Å². The van der Waals surface area contributed by atoms with Gasteiger partial charge in [-0.25, -0.2) is 9.59 Å². The summed E-state index contributed by atoms with van der Waals surface area (Å²) >= 11 is 0. The van der Waals surface area contributed by atoms with Crippen molar-refractivity contribution in [2.24, 2.45) is 59.2 Å². The largest absolute Gasteiger partial charge is 0.478 e. The number of aliphatic carboxylic acids is 2. The standard InChI is InChI=1S/C19H22O4/c20-18(21)16-10-5-11(17(16)19(22)23)15-9-4-8(14(10)15)12-6-1-2-7(3-6)13(9)12/h6-15H,1-5H2,(H,20,21)(H,22,23). The zero-order valence-corrected chi connectivity index (χ0v) is 13.0. The minimum atomic E-state index is -0.972. The lowest BCUT2D eigenvalue weighted by Crippen LogP contribution is -2.42. The second kappa shape index (κ2) is 3.84.